The molecule has 1 aromatic heterocycles. The van der Waals surface area contributed by atoms with Crippen LogP contribution in [-0.4, -0.2) is 11.5 Å². The zero-order valence-electron chi connectivity index (χ0n) is 9.43. The van der Waals surface area contributed by atoms with Gasteiger partial charge in [-0.15, -0.1) is 0 Å². The van der Waals surface area contributed by atoms with Crippen LogP contribution in [0.5, 0.6) is 0 Å². The molecule has 0 aliphatic heterocycles. The van der Waals surface area contributed by atoms with E-state index >= 15 is 0 Å². The molecule has 0 aromatic carbocycles. The first-order valence-electron chi connectivity index (χ1n) is 5.71. The zero-order valence-corrected chi connectivity index (χ0v) is 9.43. The molecule has 1 saturated carbocycles. The van der Waals surface area contributed by atoms with Crippen LogP contribution in [0.25, 0.3) is 0 Å². The van der Waals surface area contributed by atoms with Crippen molar-refractivity contribution in [2.24, 2.45) is 5.73 Å². The average molecular weight is 244 g/mol. The van der Waals surface area contributed by atoms with E-state index in [1.165, 1.54) is 12.3 Å². The first-order valence-corrected chi connectivity index (χ1v) is 5.71. The van der Waals surface area contributed by atoms with E-state index < -0.39 is 11.7 Å². The molecule has 1 aromatic rings. The van der Waals surface area contributed by atoms with Crippen LogP contribution in [0.3, 0.4) is 0 Å². The molecule has 0 amide bonds. The highest BCUT2D eigenvalue weighted by atomic mass is 19.4. The second-order valence-electron chi connectivity index (χ2n) is 4.59. The van der Waals surface area contributed by atoms with Crippen molar-refractivity contribution >= 4 is 0 Å². The van der Waals surface area contributed by atoms with Crippen LogP contribution in [0.4, 0.5) is 13.2 Å². The second-order valence-corrected chi connectivity index (χ2v) is 4.59. The predicted octanol–water partition coefficient (Wildman–Crippen LogP) is 2.87. The maximum atomic E-state index is 12.9. The highest BCUT2D eigenvalue weighted by Gasteiger charge is 2.44. The summed E-state index contributed by atoms with van der Waals surface area (Å²) in [6.45, 7) is 0.416. The van der Waals surface area contributed by atoms with Gasteiger partial charge in [0.25, 0.3) is 0 Å². The number of hydrogen-bond acceptors (Lipinski definition) is 2. The lowest BCUT2D eigenvalue weighted by molar-refractivity contribution is -0.139. The standard InChI is InChI=1S/C12H15F3N2/c13-12(14,15)10-8-17-7-2-9(10)11(5-6-16)3-1-4-11/h2,7-8H,1,3-6,16H2. The van der Waals surface area contributed by atoms with Crippen LogP contribution in [0.1, 0.15) is 36.8 Å². The van der Waals surface area contributed by atoms with Crippen LogP contribution < -0.4 is 5.73 Å². The Kier molecular flexibility index (Phi) is 3.12. The maximum Gasteiger partial charge on any atom is 0.418 e. The number of pyridine rings is 1. The molecule has 0 bridgehead atoms. The minimum Gasteiger partial charge on any atom is -0.330 e. The van der Waals surface area contributed by atoms with Crippen LogP contribution in [-0.2, 0) is 11.6 Å². The zero-order chi connectivity index (χ0) is 12.5. The van der Waals surface area contributed by atoms with E-state index in [4.69, 9.17) is 5.73 Å². The summed E-state index contributed by atoms with van der Waals surface area (Å²) in [5.41, 5.74) is 4.92. The molecule has 2 rings (SSSR count). The van der Waals surface area contributed by atoms with Crippen molar-refractivity contribution in [3.05, 3.63) is 29.6 Å². The number of nitrogens with two attached hydrogens (primary N) is 1. The van der Waals surface area contributed by atoms with Gasteiger partial charge in [0.2, 0.25) is 0 Å². The van der Waals surface area contributed by atoms with Gasteiger partial charge in [0.15, 0.2) is 0 Å². The minimum absolute atomic E-state index is 0.372. The Labute approximate surface area is 98.0 Å². The summed E-state index contributed by atoms with van der Waals surface area (Å²) in [6, 6.07) is 1.50. The lowest BCUT2D eigenvalue weighted by Gasteiger charge is -2.43. The lowest BCUT2D eigenvalue weighted by Crippen LogP contribution is -2.38. The number of aromatic nitrogens is 1. The van der Waals surface area contributed by atoms with Gasteiger partial charge in [0, 0.05) is 12.4 Å². The number of hydrogen-bond donors (Lipinski definition) is 1. The first-order chi connectivity index (χ1) is 7.99. The predicted molar refractivity (Wildman–Crippen MR) is 58.4 cm³/mol. The quantitative estimate of drug-likeness (QED) is 0.888. The smallest absolute Gasteiger partial charge is 0.330 e. The van der Waals surface area contributed by atoms with Gasteiger partial charge in [-0.1, -0.05) is 6.42 Å². The van der Waals surface area contributed by atoms with Crippen molar-refractivity contribution in [2.45, 2.75) is 37.3 Å². The van der Waals surface area contributed by atoms with Crippen molar-refractivity contribution in [2.75, 3.05) is 6.54 Å². The summed E-state index contributed by atoms with van der Waals surface area (Å²) < 4.78 is 38.7. The SMILES string of the molecule is NCCC1(c2ccncc2C(F)(F)F)CCC1. The average Bonchev–Trinajstić information content (AvgIpc) is 2.22. The number of alkyl halides is 3. The van der Waals surface area contributed by atoms with E-state index in [0.717, 1.165) is 25.5 Å². The Morgan fingerprint density at radius 1 is 1.35 bits per heavy atom. The Bertz CT molecular complexity index is 397. The van der Waals surface area contributed by atoms with Gasteiger partial charge in [0.05, 0.1) is 5.56 Å². The highest BCUT2D eigenvalue weighted by molar-refractivity contribution is 5.35. The van der Waals surface area contributed by atoms with E-state index in [9.17, 15) is 13.2 Å². The van der Waals surface area contributed by atoms with Crippen LogP contribution in [0, 0.1) is 0 Å². The van der Waals surface area contributed by atoms with E-state index in [1.807, 2.05) is 0 Å². The Morgan fingerprint density at radius 2 is 2.06 bits per heavy atom. The molecule has 2 N–H and O–H groups in total. The fourth-order valence-corrected chi connectivity index (χ4v) is 2.62. The van der Waals surface area contributed by atoms with Gasteiger partial charge >= 0.3 is 6.18 Å². The Hall–Kier alpha value is -1.10. The van der Waals surface area contributed by atoms with Crippen molar-refractivity contribution in [1.29, 1.82) is 0 Å². The molecule has 0 radical (unpaired) electrons. The van der Waals surface area contributed by atoms with Crippen molar-refractivity contribution < 1.29 is 13.2 Å². The van der Waals surface area contributed by atoms with Crippen molar-refractivity contribution in [3.63, 3.8) is 0 Å². The van der Waals surface area contributed by atoms with Crippen LogP contribution in [0.2, 0.25) is 0 Å². The van der Waals surface area contributed by atoms with Gasteiger partial charge in [-0.05, 0) is 42.9 Å². The molecule has 1 heterocycles. The van der Waals surface area contributed by atoms with E-state index in [0.29, 0.717) is 18.5 Å². The number of rotatable bonds is 3. The first kappa shape index (κ1) is 12.4. The normalized spacial score (nSPS) is 18.8. The molecule has 0 unspecified atom stereocenters. The maximum absolute atomic E-state index is 12.9. The van der Waals surface area contributed by atoms with Gasteiger partial charge in [-0.2, -0.15) is 13.2 Å². The molecule has 5 heteroatoms. The number of halogens is 3. The molecule has 1 aliphatic carbocycles. The summed E-state index contributed by atoms with van der Waals surface area (Å²) in [5, 5.41) is 0. The van der Waals surface area contributed by atoms with E-state index in [1.54, 1.807) is 0 Å². The lowest BCUT2D eigenvalue weighted by atomic mass is 9.61. The summed E-state index contributed by atoms with van der Waals surface area (Å²) in [5.74, 6) is 0. The largest absolute Gasteiger partial charge is 0.418 e. The molecule has 1 fully saturated rings. The Balaban J connectivity index is 2.44. The van der Waals surface area contributed by atoms with Gasteiger partial charge in [-0.3, -0.25) is 4.98 Å². The minimum atomic E-state index is -4.33. The molecule has 2 nitrogen and oxygen atoms in total. The summed E-state index contributed by atoms with van der Waals surface area (Å²) >= 11 is 0. The van der Waals surface area contributed by atoms with Crippen molar-refractivity contribution in [1.82, 2.24) is 4.98 Å². The molecule has 0 saturated heterocycles. The highest BCUT2D eigenvalue weighted by Crippen LogP contribution is 2.49. The topological polar surface area (TPSA) is 38.9 Å². The van der Waals surface area contributed by atoms with Crippen molar-refractivity contribution in [3.8, 4) is 0 Å². The van der Waals surface area contributed by atoms with Crippen LogP contribution in [0.15, 0.2) is 18.5 Å². The molecular formula is C12H15F3N2. The summed E-state index contributed by atoms with van der Waals surface area (Å²) in [7, 11) is 0. The van der Waals surface area contributed by atoms with Gasteiger partial charge < -0.3 is 5.73 Å². The molecule has 0 atom stereocenters. The molecular weight excluding hydrogens is 229 g/mol. The third kappa shape index (κ3) is 2.16. The van der Waals surface area contributed by atoms with E-state index in [2.05, 4.69) is 4.98 Å². The van der Waals surface area contributed by atoms with Gasteiger partial charge in [0.1, 0.15) is 0 Å². The summed E-state index contributed by atoms with van der Waals surface area (Å²) in [6.07, 6.45) is 1.18. The molecule has 1 aliphatic rings. The number of nitrogens with zero attached hydrogens (tertiary/aromatic N) is 1. The third-order valence-electron chi connectivity index (χ3n) is 3.63. The second kappa shape index (κ2) is 4.29. The fraction of sp³-hybridized carbons (Fsp3) is 0.583. The summed E-state index contributed by atoms with van der Waals surface area (Å²) in [4.78, 5) is 3.59. The monoisotopic (exact) mass is 244 g/mol. The molecule has 0 spiro atoms. The van der Waals surface area contributed by atoms with E-state index in [-0.39, 0.29) is 5.41 Å². The molecule has 94 valence electrons. The van der Waals surface area contributed by atoms with Crippen LogP contribution >= 0.6 is 0 Å². The third-order valence-corrected chi connectivity index (χ3v) is 3.63. The Morgan fingerprint density at radius 3 is 2.53 bits per heavy atom. The van der Waals surface area contributed by atoms with Gasteiger partial charge in [-0.25, -0.2) is 0 Å². The fourth-order valence-electron chi connectivity index (χ4n) is 2.62. The molecule has 17 heavy (non-hydrogen) atoms.